The molecule has 0 aliphatic heterocycles. The summed E-state index contributed by atoms with van der Waals surface area (Å²) in [7, 11) is 0. The molecule has 1 atom stereocenters. The summed E-state index contributed by atoms with van der Waals surface area (Å²) >= 11 is 0. The first-order valence-electron chi connectivity index (χ1n) is 6.43. The van der Waals surface area contributed by atoms with Crippen molar-refractivity contribution in [2.45, 2.75) is 59.0 Å². The summed E-state index contributed by atoms with van der Waals surface area (Å²) in [5, 5.41) is 3.53. The van der Waals surface area contributed by atoms with Crippen LogP contribution in [-0.4, -0.2) is 15.6 Å². The quantitative estimate of drug-likeness (QED) is 0.826. The highest BCUT2D eigenvalue weighted by molar-refractivity contribution is 5.32. The number of hydrogen-bond acceptors (Lipinski definition) is 2. The fourth-order valence-electron chi connectivity index (χ4n) is 2.28. The Balaban J connectivity index is 2.22. The Morgan fingerprint density at radius 1 is 1.50 bits per heavy atom. The van der Waals surface area contributed by atoms with E-state index in [0.29, 0.717) is 18.0 Å². The van der Waals surface area contributed by atoms with E-state index in [0.717, 1.165) is 18.1 Å². The molecule has 3 heteroatoms. The molecule has 0 spiro atoms. The topological polar surface area (TPSA) is 29.9 Å². The van der Waals surface area contributed by atoms with Crippen molar-refractivity contribution in [3.63, 3.8) is 0 Å². The van der Waals surface area contributed by atoms with Crippen molar-refractivity contribution in [3.8, 4) is 0 Å². The molecule has 1 fully saturated rings. The zero-order chi connectivity index (χ0) is 11.7. The van der Waals surface area contributed by atoms with Gasteiger partial charge < -0.3 is 9.88 Å². The van der Waals surface area contributed by atoms with Gasteiger partial charge in [-0.1, -0.05) is 20.8 Å². The Morgan fingerprint density at radius 2 is 2.19 bits per heavy atom. The summed E-state index contributed by atoms with van der Waals surface area (Å²) in [5.74, 6) is 1.72. The smallest absolute Gasteiger partial charge is 0.203 e. The molecule has 3 nitrogen and oxygen atoms in total. The maximum atomic E-state index is 4.59. The fraction of sp³-hybridized carbons (Fsp3) is 0.769. The highest BCUT2D eigenvalue weighted by Crippen LogP contribution is 2.29. The minimum absolute atomic E-state index is 0.558. The lowest BCUT2D eigenvalue weighted by Gasteiger charge is -2.23. The standard InChI is InChI=1S/C13H23N3/c1-5-12(9(2)3)16-8-10(4)14-13(16)15-11-6-7-11/h8-9,11-12H,5-7H2,1-4H3,(H,14,15). The van der Waals surface area contributed by atoms with E-state index >= 15 is 0 Å². The van der Waals surface area contributed by atoms with Crippen molar-refractivity contribution >= 4 is 5.95 Å². The Labute approximate surface area is 98.3 Å². The lowest BCUT2D eigenvalue weighted by molar-refractivity contribution is 0.368. The first-order chi connectivity index (χ1) is 7.61. The van der Waals surface area contributed by atoms with Gasteiger partial charge in [0.2, 0.25) is 5.95 Å². The van der Waals surface area contributed by atoms with E-state index in [1.165, 1.54) is 12.8 Å². The molecule has 1 aliphatic rings. The number of nitrogens with one attached hydrogen (secondary N) is 1. The van der Waals surface area contributed by atoms with Crippen LogP contribution in [0, 0.1) is 12.8 Å². The number of hydrogen-bond donors (Lipinski definition) is 1. The first kappa shape index (κ1) is 11.5. The minimum atomic E-state index is 0.558. The molecule has 0 amide bonds. The third-order valence-electron chi connectivity index (χ3n) is 3.31. The van der Waals surface area contributed by atoms with Crippen LogP contribution in [-0.2, 0) is 0 Å². The third kappa shape index (κ3) is 2.39. The monoisotopic (exact) mass is 221 g/mol. The highest BCUT2D eigenvalue weighted by atomic mass is 15.2. The zero-order valence-corrected chi connectivity index (χ0v) is 10.8. The average Bonchev–Trinajstić information content (AvgIpc) is 2.93. The Morgan fingerprint density at radius 3 is 2.69 bits per heavy atom. The van der Waals surface area contributed by atoms with Gasteiger partial charge in [-0.05, 0) is 32.1 Å². The predicted octanol–water partition coefficient (Wildman–Crippen LogP) is 3.37. The second kappa shape index (κ2) is 4.48. The van der Waals surface area contributed by atoms with Crippen LogP contribution in [0.2, 0.25) is 0 Å². The molecule has 0 aromatic carbocycles. The van der Waals surface area contributed by atoms with Crippen LogP contribution in [0.4, 0.5) is 5.95 Å². The van der Waals surface area contributed by atoms with Crippen LogP contribution in [0.25, 0.3) is 0 Å². The summed E-state index contributed by atoms with van der Waals surface area (Å²) in [6.07, 6.45) is 5.93. The Kier molecular flexibility index (Phi) is 3.22. The number of nitrogens with zero attached hydrogens (tertiary/aromatic N) is 2. The molecule has 16 heavy (non-hydrogen) atoms. The van der Waals surface area contributed by atoms with Crippen LogP contribution in [0.1, 0.15) is 51.8 Å². The van der Waals surface area contributed by atoms with Crippen molar-refractivity contribution in [2.75, 3.05) is 5.32 Å². The molecule has 2 rings (SSSR count). The molecule has 0 radical (unpaired) electrons. The third-order valence-corrected chi connectivity index (χ3v) is 3.31. The van der Waals surface area contributed by atoms with Crippen molar-refractivity contribution in [1.82, 2.24) is 9.55 Å². The van der Waals surface area contributed by atoms with Gasteiger partial charge in [0.05, 0.1) is 5.69 Å². The highest BCUT2D eigenvalue weighted by Gasteiger charge is 2.25. The van der Waals surface area contributed by atoms with Crippen LogP contribution in [0.3, 0.4) is 0 Å². The lowest BCUT2D eigenvalue weighted by Crippen LogP contribution is -2.17. The van der Waals surface area contributed by atoms with Crippen molar-refractivity contribution in [2.24, 2.45) is 5.92 Å². The maximum absolute atomic E-state index is 4.59. The summed E-state index contributed by atoms with van der Waals surface area (Å²) in [5.41, 5.74) is 1.11. The molecule has 90 valence electrons. The van der Waals surface area contributed by atoms with Crippen molar-refractivity contribution in [3.05, 3.63) is 11.9 Å². The van der Waals surface area contributed by atoms with E-state index in [1.54, 1.807) is 0 Å². The van der Waals surface area contributed by atoms with Gasteiger partial charge >= 0.3 is 0 Å². The van der Waals surface area contributed by atoms with Gasteiger partial charge in [-0.2, -0.15) is 0 Å². The van der Waals surface area contributed by atoms with Gasteiger partial charge in [0.1, 0.15) is 0 Å². The predicted molar refractivity (Wildman–Crippen MR) is 67.8 cm³/mol. The molecule has 1 unspecified atom stereocenters. The van der Waals surface area contributed by atoms with Crippen LogP contribution >= 0.6 is 0 Å². The average molecular weight is 221 g/mol. The molecule has 0 bridgehead atoms. The molecular formula is C13H23N3. The van der Waals surface area contributed by atoms with E-state index in [4.69, 9.17) is 0 Å². The van der Waals surface area contributed by atoms with Gasteiger partial charge in [-0.25, -0.2) is 4.98 Å². The van der Waals surface area contributed by atoms with E-state index < -0.39 is 0 Å². The second-order valence-electron chi connectivity index (χ2n) is 5.25. The van der Waals surface area contributed by atoms with Gasteiger partial charge in [-0.15, -0.1) is 0 Å². The number of imidazole rings is 1. The zero-order valence-electron chi connectivity index (χ0n) is 10.8. The summed E-state index contributed by atoms with van der Waals surface area (Å²) in [6.45, 7) is 8.89. The molecule has 1 aromatic rings. The molecular weight excluding hydrogens is 198 g/mol. The Bertz CT molecular complexity index is 350. The van der Waals surface area contributed by atoms with E-state index in [-0.39, 0.29) is 0 Å². The lowest BCUT2D eigenvalue weighted by atomic mass is 10.0. The van der Waals surface area contributed by atoms with Crippen molar-refractivity contribution < 1.29 is 0 Å². The first-order valence-corrected chi connectivity index (χ1v) is 6.43. The van der Waals surface area contributed by atoms with E-state index in [1.807, 2.05) is 0 Å². The van der Waals surface area contributed by atoms with Crippen LogP contribution in [0.15, 0.2) is 6.20 Å². The second-order valence-corrected chi connectivity index (χ2v) is 5.25. The van der Waals surface area contributed by atoms with Gasteiger partial charge in [-0.3, -0.25) is 0 Å². The van der Waals surface area contributed by atoms with Crippen molar-refractivity contribution in [1.29, 1.82) is 0 Å². The van der Waals surface area contributed by atoms with Gasteiger partial charge in [0, 0.05) is 18.3 Å². The normalized spacial score (nSPS) is 17.8. The van der Waals surface area contributed by atoms with Crippen LogP contribution in [0.5, 0.6) is 0 Å². The van der Waals surface area contributed by atoms with Crippen LogP contribution < -0.4 is 5.32 Å². The largest absolute Gasteiger partial charge is 0.353 e. The minimum Gasteiger partial charge on any atom is -0.353 e. The number of aromatic nitrogens is 2. The summed E-state index contributed by atoms with van der Waals surface area (Å²) in [4.78, 5) is 4.59. The van der Waals surface area contributed by atoms with E-state index in [2.05, 4.69) is 48.8 Å². The number of aryl methyl sites for hydroxylation is 1. The molecule has 1 N–H and O–H groups in total. The number of anilines is 1. The van der Waals surface area contributed by atoms with E-state index in [9.17, 15) is 0 Å². The summed E-state index contributed by atoms with van der Waals surface area (Å²) in [6, 6.07) is 1.23. The SMILES string of the molecule is CCC(C(C)C)n1cc(C)nc1NC1CC1. The van der Waals surface area contributed by atoms with Gasteiger partial charge in [0.15, 0.2) is 0 Å². The molecule has 1 heterocycles. The fourth-order valence-corrected chi connectivity index (χ4v) is 2.28. The summed E-state index contributed by atoms with van der Waals surface area (Å²) < 4.78 is 2.33. The molecule has 1 saturated carbocycles. The molecule has 1 aromatic heterocycles. The Hall–Kier alpha value is -0.990. The maximum Gasteiger partial charge on any atom is 0.203 e. The van der Waals surface area contributed by atoms with Gasteiger partial charge in [0.25, 0.3) is 0 Å². The molecule has 0 saturated heterocycles. The molecule has 1 aliphatic carbocycles. The number of rotatable bonds is 5.